The minimum Gasteiger partial charge on any atom is -0.382 e. The Morgan fingerprint density at radius 3 is 2.53 bits per heavy atom. The van der Waals surface area contributed by atoms with Crippen LogP contribution >= 0.6 is 11.3 Å². The van der Waals surface area contributed by atoms with E-state index in [4.69, 9.17) is 5.73 Å². The summed E-state index contributed by atoms with van der Waals surface area (Å²) in [6, 6.07) is 9.08. The third kappa shape index (κ3) is 1.89. The maximum atomic E-state index is 12.0. The number of thiazole rings is 1. The molecule has 0 saturated heterocycles. The van der Waals surface area contributed by atoms with Crippen LogP contribution in [0.5, 0.6) is 0 Å². The van der Waals surface area contributed by atoms with Crippen molar-refractivity contribution in [3.63, 3.8) is 0 Å². The molecule has 0 aliphatic carbocycles. The summed E-state index contributed by atoms with van der Waals surface area (Å²) in [5.41, 5.74) is 6.30. The minimum absolute atomic E-state index is 0.0568. The van der Waals surface area contributed by atoms with Gasteiger partial charge < -0.3 is 5.73 Å². The highest BCUT2D eigenvalue weighted by molar-refractivity contribution is 7.14. The fraction of sp³-hybridized carbons (Fsp3) is 0.0909. The summed E-state index contributed by atoms with van der Waals surface area (Å²) >= 11 is 1.33. The third-order valence-electron chi connectivity index (χ3n) is 2.00. The van der Waals surface area contributed by atoms with Crippen molar-refractivity contribution in [3.8, 4) is 0 Å². The number of hydrogen-bond acceptors (Lipinski definition) is 4. The number of aryl methyl sites for hydroxylation is 1. The molecule has 0 atom stereocenters. The molecule has 2 N–H and O–H groups in total. The van der Waals surface area contributed by atoms with E-state index in [1.54, 1.807) is 12.1 Å². The van der Waals surface area contributed by atoms with Gasteiger partial charge in [0.15, 0.2) is 0 Å². The van der Waals surface area contributed by atoms with Crippen LogP contribution in [-0.2, 0) is 0 Å². The van der Waals surface area contributed by atoms with Crippen molar-refractivity contribution in [1.29, 1.82) is 0 Å². The summed E-state index contributed by atoms with van der Waals surface area (Å²) in [7, 11) is 0. The number of carbonyl (C=O) groups is 1. The van der Waals surface area contributed by atoms with E-state index in [-0.39, 0.29) is 5.78 Å². The molecule has 0 unspecified atom stereocenters. The van der Waals surface area contributed by atoms with E-state index in [1.807, 2.05) is 25.1 Å². The van der Waals surface area contributed by atoms with Crippen molar-refractivity contribution in [2.75, 3.05) is 5.73 Å². The number of nitrogen functional groups attached to an aromatic ring is 1. The fourth-order valence-corrected chi connectivity index (χ4v) is 2.13. The summed E-state index contributed by atoms with van der Waals surface area (Å²) in [5, 5.41) is 0.812. The van der Waals surface area contributed by atoms with Crippen LogP contribution in [0.2, 0.25) is 0 Å². The standard InChI is InChI=1S/C11H10N2OS/c1-7-13-11(12)10(15-7)9(14)8-5-3-2-4-6-8/h2-6H,12H2,1H3. The van der Waals surface area contributed by atoms with Crippen molar-refractivity contribution in [1.82, 2.24) is 4.98 Å². The van der Waals surface area contributed by atoms with Gasteiger partial charge in [-0.15, -0.1) is 11.3 Å². The molecule has 2 rings (SSSR count). The van der Waals surface area contributed by atoms with Gasteiger partial charge in [-0.1, -0.05) is 30.3 Å². The Morgan fingerprint density at radius 2 is 2.00 bits per heavy atom. The molecule has 1 aromatic heterocycles. The molecular weight excluding hydrogens is 208 g/mol. The molecule has 0 amide bonds. The van der Waals surface area contributed by atoms with Gasteiger partial charge in [0, 0.05) is 5.56 Å². The molecule has 0 fully saturated rings. The average Bonchev–Trinajstić information content (AvgIpc) is 2.58. The molecule has 0 spiro atoms. The Labute approximate surface area is 91.6 Å². The number of anilines is 1. The molecule has 1 heterocycles. The van der Waals surface area contributed by atoms with Gasteiger partial charge in [0.2, 0.25) is 5.78 Å². The first-order valence-electron chi connectivity index (χ1n) is 4.51. The van der Waals surface area contributed by atoms with E-state index in [0.717, 1.165) is 5.01 Å². The first kappa shape index (κ1) is 9.86. The summed E-state index contributed by atoms with van der Waals surface area (Å²) in [4.78, 5) is 16.5. The number of nitrogens with two attached hydrogens (primary N) is 1. The number of hydrogen-bond donors (Lipinski definition) is 1. The van der Waals surface area contributed by atoms with E-state index in [0.29, 0.717) is 16.3 Å². The van der Waals surface area contributed by atoms with Crippen LogP contribution in [0.15, 0.2) is 30.3 Å². The number of nitrogens with zero attached hydrogens (tertiary/aromatic N) is 1. The molecule has 3 nitrogen and oxygen atoms in total. The highest BCUT2D eigenvalue weighted by atomic mass is 32.1. The lowest BCUT2D eigenvalue weighted by Gasteiger charge is -1.97. The largest absolute Gasteiger partial charge is 0.382 e. The van der Waals surface area contributed by atoms with Crippen molar-refractivity contribution in [2.24, 2.45) is 0 Å². The average molecular weight is 218 g/mol. The van der Waals surface area contributed by atoms with E-state index in [1.165, 1.54) is 11.3 Å². The molecule has 76 valence electrons. The summed E-state index contributed by atoms with van der Waals surface area (Å²) in [6.07, 6.45) is 0. The van der Waals surface area contributed by atoms with Gasteiger partial charge in [-0.3, -0.25) is 4.79 Å². The second-order valence-corrected chi connectivity index (χ2v) is 4.35. The third-order valence-corrected chi connectivity index (χ3v) is 2.99. The summed E-state index contributed by atoms with van der Waals surface area (Å²) in [6.45, 7) is 1.84. The topological polar surface area (TPSA) is 56.0 Å². The maximum absolute atomic E-state index is 12.0. The molecule has 2 aromatic rings. The smallest absolute Gasteiger partial charge is 0.206 e. The second kappa shape index (κ2) is 3.82. The van der Waals surface area contributed by atoms with Crippen LogP contribution in [0, 0.1) is 6.92 Å². The zero-order chi connectivity index (χ0) is 10.8. The van der Waals surface area contributed by atoms with E-state index in [2.05, 4.69) is 4.98 Å². The molecule has 4 heteroatoms. The van der Waals surface area contributed by atoms with Gasteiger partial charge in [-0.05, 0) is 6.92 Å². The first-order valence-corrected chi connectivity index (χ1v) is 5.33. The van der Waals surface area contributed by atoms with Gasteiger partial charge in [0.1, 0.15) is 10.7 Å². The zero-order valence-electron chi connectivity index (χ0n) is 8.23. The minimum atomic E-state index is -0.0568. The molecule has 0 radical (unpaired) electrons. The highest BCUT2D eigenvalue weighted by Gasteiger charge is 2.15. The van der Waals surface area contributed by atoms with Crippen molar-refractivity contribution in [2.45, 2.75) is 6.92 Å². The van der Waals surface area contributed by atoms with E-state index < -0.39 is 0 Å². The molecule has 0 saturated carbocycles. The molecule has 0 aliphatic heterocycles. The molecular formula is C11H10N2OS. The second-order valence-electron chi connectivity index (χ2n) is 3.14. The molecule has 0 aliphatic rings. The Balaban J connectivity index is 2.41. The van der Waals surface area contributed by atoms with Crippen molar-refractivity contribution in [3.05, 3.63) is 45.8 Å². The normalized spacial score (nSPS) is 10.2. The Hall–Kier alpha value is -1.68. The summed E-state index contributed by atoms with van der Waals surface area (Å²) < 4.78 is 0. The van der Waals surface area contributed by atoms with Gasteiger partial charge in [-0.2, -0.15) is 0 Å². The van der Waals surface area contributed by atoms with Gasteiger partial charge in [-0.25, -0.2) is 4.98 Å². The van der Waals surface area contributed by atoms with Crippen LogP contribution in [0.25, 0.3) is 0 Å². The van der Waals surface area contributed by atoms with Crippen LogP contribution in [0.3, 0.4) is 0 Å². The number of ketones is 1. The number of benzene rings is 1. The summed E-state index contributed by atoms with van der Waals surface area (Å²) in [5.74, 6) is 0.269. The lowest BCUT2D eigenvalue weighted by molar-refractivity contribution is 0.104. The highest BCUT2D eigenvalue weighted by Crippen LogP contribution is 2.22. The lowest BCUT2D eigenvalue weighted by Crippen LogP contribution is -2.02. The predicted octanol–water partition coefficient (Wildman–Crippen LogP) is 2.26. The van der Waals surface area contributed by atoms with Crippen LogP contribution in [0.1, 0.15) is 20.2 Å². The zero-order valence-corrected chi connectivity index (χ0v) is 9.04. The quantitative estimate of drug-likeness (QED) is 0.787. The predicted molar refractivity (Wildman–Crippen MR) is 61.1 cm³/mol. The lowest BCUT2D eigenvalue weighted by atomic mass is 10.1. The van der Waals surface area contributed by atoms with Crippen molar-refractivity contribution < 1.29 is 4.79 Å². The molecule has 1 aromatic carbocycles. The van der Waals surface area contributed by atoms with Gasteiger partial charge in [0.05, 0.1) is 5.01 Å². The maximum Gasteiger partial charge on any atom is 0.206 e. The monoisotopic (exact) mass is 218 g/mol. The molecule has 15 heavy (non-hydrogen) atoms. The fourth-order valence-electron chi connectivity index (χ4n) is 1.33. The van der Waals surface area contributed by atoms with Gasteiger partial charge in [0.25, 0.3) is 0 Å². The molecule has 0 bridgehead atoms. The van der Waals surface area contributed by atoms with E-state index >= 15 is 0 Å². The van der Waals surface area contributed by atoms with Crippen LogP contribution in [0.4, 0.5) is 5.82 Å². The number of aromatic nitrogens is 1. The SMILES string of the molecule is Cc1nc(N)c(C(=O)c2ccccc2)s1. The Morgan fingerprint density at radius 1 is 1.33 bits per heavy atom. The number of carbonyl (C=O) groups excluding carboxylic acids is 1. The van der Waals surface area contributed by atoms with Gasteiger partial charge >= 0.3 is 0 Å². The van der Waals surface area contributed by atoms with E-state index in [9.17, 15) is 4.79 Å². The first-order chi connectivity index (χ1) is 7.18. The Kier molecular flexibility index (Phi) is 2.51. The van der Waals surface area contributed by atoms with Crippen molar-refractivity contribution >= 4 is 22.9 Å². The Bertz CT molecular complexity index is 491. The van der Waals surface area contributed by atoms with Crippen LogP contribution < -0.4 is 5.73 Å². The number of rotatable bonds is 2. The van der Waals surface area contributed by atoms with Crippen LogP contribution in [-0.4, -0.2) is 10.8 Å².